The topological polar surface area (TPSA) is 72.7 Å². The van der Waals surface area contributed by atoms with Crippen molar-refractivity contribution < 1.29 is 18.5 Å². The minimum absolute atomic E-state index is 0.185. The molecule has 0 fully saturated rings. The number of amides is 1. The van der Waals surface area contributed by atoms with Gasteiger partial charge in [0.15, 0.2) is 11.3 Å². The summed E-state index contributed by atoms with van der Waals surface area (Å²) >= 11 is 1.45. The number of aromatic nitrogens is 1. The number of hydrogen-bond donors (Lipinski definition) is 2. The molecule has 2 heterocycles. The van der Waals surface area contributed by atoms with E-state index in [9.17, 15) is 4.79 Å². The van der Waals surface area contributed by atoms with Crippen LogP contribution in [0.1, 0.15) is 21.9 Å². The largest absolute Gasteiger partial charge is 0.455 e. The van der Waals surface area contributed by atoms with Crippen LogP contribution >= 0.6 is 11.8 Å². The van der Waals surface area contributed by atoms with Gasteiger partial charge in [0.25, 0.3) is 11.1 Å². The SMILES string of the molecule is Cc1cccc2oc(SCc3ccc(C(=O)NCC[NH+](C)C)o3)nc12. The van der Waals surface area contributed by atoms with Gasteiger partial charge in [0.05, 0.1) is 32.9 Å². The highest BCUT2D eigenvalue weighted by atomic mass is 32.2. The maximum absolute atomic E-state index is 12.0. The molecule has 0 aliphatic rings. The molecule has 0 aliphatic carbocycles. The second kappa shape index (κ2) is 7.76. The number of para-hydroxylation sites is 1. The van der Waals surface area contributed by atoms with Crippen LogP contribution in [0, 0.1) is 6.92 Å². The van der Waals surface area contributed by atoms with Crippen LogP contribution in [-0.4, -0.2) is 38.1 Å². The molecule has 1 amide bonds. The van der Waals surface area contributed by atoms with Crippen molar-refractivity contribution in [3.8, 4) is 0 Å². The van der Waals surface area contributed by atoms with Crippen molar-refractivity contribution in [1.82, 2.24) is 10.3 Å². The van der Waals surface area contributed by atoms with E-state index in [0.29, 0.717) is 29.0 Å². The van der Waals surface area contributed by atoms with Gasteiger partial charge in [-0.1, -0.05) is 23.9 Å². The molecule has 7 heteroatoms. The molecule has 0 radical (unpaired) electrons. The van der Waals surface area contributed by atoms with E-state index in [2.05, 4.69) is 10.3 Å². The number of benzene rings is 1. The van der Waals surface area contributed by atoms with Gasteiger partial charge in [0.1, 0.15) is 11.3 Å². The van der Waals surface area contributed by atoms with Crippen LogP contribution in [0.25, 0.3) is 11.1 Å². The summed E-state index contributed by atoms with van der Waals surface area (Å²) in [4.78, 5) is 17.8. The highest BCUT2D eigenvalue weighted by Gasteiger charge is 2.13. The zero-order chi connectivity index (χ0) is 17.8. The van der Waals surface area contributed by atoms with Crippen LogP contribution in [0.3, 0.4) is 0 Å². The van der Waals surface area contributed by atoms with Crippen LogP contribution in [0.5, 0.6) is 0 Å². The molecule has 6 nitrogen and oxygen atoms in total. The van der Waals surface area contributed by atoms with Crippen LogP contribution in [-0.2, 0) is 5.75 Å². The van der Waals surface area contributed by atoms with Crippen molar-refractivity contribution >= 4 is 28.8 Å². The number of aryl methyl sites for hydroxylation is 1. The molecule has 1 aromatic carbocycles. The van der Waals surface area contributed by atoms with Crippen molar-refractivity contribution in [3.05, 3.63) is 47.4 Å². The first-order valence-corrected chi connectivity index (χ1v) is 9.16. The van der Waals surface area contributed by atoms with Gasteiger partial charge in [0.2, 0.25) is 0 Å². The summed E-state index contributed by atoms with van der Waals surface area (Å²) in [5, 5.41) is 3.45. The highest BCUT2D eigenvalue weighted by molar-refractivity contribution is 7.98. The summed E-state index contributed by atoms with van der Waals surface area (Å²) in [6.07, 6.45) is 0. The number of rotatable bonds is 7. The molecular weight excluding hydrogens is 338 g/mol. The average Bonchev–Trinajstić information content (AvgIpc) is 3.20. The molecule has 0 saturated carbocycles. The van der Waals surface area contributed by atoms with Crippen LogP contribution in [0.15, 0.2) is 44.4 Å². The van der Waals surface area contributed by atoms with Gasteiger partial charge in [0, 0.05) is 0 Å². The Labute approximate surface area is 150 Å². The third kappa shape index (κ3) is 4.43. The fourth-order valence-electron chi connectivity index (χ4n) is 2.35. The number of nitrogens with one attached hydrogen (secondary N) is 2. The van der Waals surface area contributed by atoms with Gasteiger partial charge in [-0.15, -0.1) is 0 Å². The predicted octanol–water partition coefficient (Wildman–Crippen LogP) is 1.90. The minimum atomic E-state index is -0.185. The van der Waals surface area contributed by atoms with Gasteiger partial charge in [-0.25, -0.2) is 4.98 Å². The number of carbonyl (C=O) groups is 1. The number of likely N-dealkylation sites (N-methyl/N-ethyl adjacent to an activating group) is 1. The van der Waals surface area contributed by atoms with Crippen molar-refractivity contribution in [2.24, 2.45) is 0 Å². The number of furan rings is 1. The van der Waals surface area contributed by atoms with Gasteiger partial charge in [-0.3, -0.25) is 4.79 Å². The summed E-state index contributed by atoms with van der Waals surface area (Å²) in [5.74, 6) is 1.42. The second-order valence-electron chi connectivity index (χ2n) is 6.17. The molecular formula is C18H22N3O3S+. The Morgan fingerprint density at radius 2 is 2.08 bits per heavy atom. The Bertz CT molecular complexity index is 869. The lowest BCUT2D eigenvalue weighted by molar-refractivity contribution is -0.856. The van der Waals surface area contributed by atoms with Crippen molar-refractivity contribution in [2.45, 2.75) is 17.9 Å². The van der Waals surface area contributed by atoms with Gasteiger partial charge in [-0.2, -0.15) is 0 Å². The first-order chi connectivity index (χ1) is 12.0. The lowest BCUT2D eigenvalue weighted by atomic mass is 10.2. The first kappa shape index (κ1) is 17.6. The maximum atomic E-state index is 12.0. The Morgan fingerprint density at radius 1 is 1.24 bits per heavy atom. The van der Waals surface area contributed by atoms with Crippen molar-refractivity contribution in [3.63, 3.8) is 0 Å². The van der Waals surface area contributed by atoms with E-state index >= 15 is 0 Å². The van der Waals surface area contributed by atoms with E-state index in [0.717, 1.165) is 23.2 Å². The molecule has 0 spiro atoms. The maximum Gasteiger partial charge on any atom is 0.287 e. The fraction of sp³-hybridized carbons (Fsp3) is 0.333. The lowest BCUT2D eigenvalue weighted by Gasteiger charge is -2.07. The normalized spacial score (nSPS) is 11.4. The zero-order valence-electron chi connectivity index (χ0n) is 14.6. The van der Waals surface area contributed by atoms with Gasteiger partial charge >= 0.3 is 0 Å². The standard InChI is InChI=1S/C18H21N3O3S/c1-12-5-4-6-14-16(12)20-18(24-14)25-11-13-7-8-15(23-13)17(22)19-9-10-21(2)3/h4-8H,9-11H2,1-3H3,(H,19,22)/p+1. The van der Waals surface area contributed by atoms with E-state index in [1.165, 1.54) is 16.7 Å². The predicted molar refractivity (Wildman–Crippen MR) is 97.0 cm³/mol. The van der Waals surface area contributed by atoms with E-state index in [4.69, 9.17) is 8.83 Å². The molecule has 0 atom stereocenters. The number of fused-ring (bicyclic) bond motifs is 1. The Kier molecular flexibility index (Phi) is 5.45. The summed E-state index contributed by atoms with van der Waals surface area (Å²) in [5.41, 5.74) is 2.75. The molecule has 25 heavy (non-hydrogen) atoms. The number of oxazole rings is 1. The molecule has 132 valence electrons. The summed E-state index contributed by atoms with van der Waals surface area (Å²) < 4.78 is 11.3. The summed E-state index contributed by atoms with van der Waals surface area (Å²) in [6.45, 7) is 3.50. The first-order valence-electron chi connectivity index (χ1n) is 8.18. The average molecular weight is 360 g/mol. The molecule has 0 bridgehead atoms. The van der Waals surface area contributed by atoms with Crippen LogP contribution in [0.4, 0.5) is 0 Å². The highest BCUT2D eigenvalue weighted by Crippen LogP contribution is 2.28. The van der Waals surface area contributed by atoms with Crippen LogP contribution < -0.4 is 10.2 Å². The molecule has 0 aliphatic heterocycles. The molecule has 3 aromatic rings. The van der Waals surface area contributed by atoms with E-state index in [1.54, 1.807) is 6.07 Å². The molecule has 0 saturated heterocycles. The summed E-state index contributed by atoms with van der Waals surface area (Å²) in [7, 11) is 4.09. The van der Waals surface area contributed by atoms with Gasteiger partial charge in [-0.05, 0) is 30.7 Å². The minimum Gasteiger partial charge on any atom is -0.455 e. The Hall–Kier alpha value is -2.25. The van der Waals surface area contributed by atoms with E-state index in [1.807, 2.05) is 45.3 Å². The Balaban J connectivity index is 1.57. The van der Waals surface area contributed by atoms with E-state index < -0.39 is 0 Å². The number of nitrogens with zero attached hydrogens (tertiary/aromatic N) is 1. The third-order valence-corrected chi connectivity index (χ3v) is 4.59. The Morgan fingerprint density at radius 3 is 2.84 bits per heavy atom. The van der Waals surface area contributed by atoms with E-state index in [-0.39, 0.29) is 5.91 Å². The molecule has 2 N–H and O–H groups in total. The van der Waals surface area contributed by atoms with Crippen molar-refractivity contribution in [1.29, 1.82) is 0 Å². The number of carbonyl (C=O) groups excluding carboxylic acids is 1. The third-order valence-electron chi connectivity index (χ3n) is 3.74. The zero-order valence-corrected chi connectivity index (χ0v) is 15.4. The number of thioether (sulfide) groups is 1. The molecule has 2 aromatic heterocycles. The molecule has 3 rings (SSSR count). The monoisotopic (exact) mass is 360 g/mol. The fourth-order valence-corrected chi connectivity index (χ4v) is 3.08. The lowest BCUT2D eigenvalue weighted by Crippen LogP contribution is -3.06. The van der Waals surface area contributed by atoms with Gasteiger partial charge < -0.3 is 19.1 Å². The number of quaternary nitrogens is 1. The number of hydrogen-bond acceptors (Lipinski definition) is 5. The van der Waals surface area contributed by atoms with Crippen molar-refractivity contribution in [2.75, 3.05) is 27.2 Å². The van der Waals surface area contributed by atoms with Crippen LogP contribution in [0.2, 0.25) is 0 Å². The smallest absolute Gasteiger partial charge is 0.287 e. The summed E-state index contributed by atoms with van der Waals surface area (Å²) in [6, 6.07) is 9.38. The molecule has 0 unspecified atom stereocenters. The second-order valence-corrected chi connectivity index (χ2v) is 7.10. The quantitative estimate of drug-likeness (QED) is 0.630.